The molecule has 4 aromatic rings. The van der Waals surface area contributed by atoms with E-state index in [1.165, 1.54) is 0 Å². The Labute approximate surface area is 183 Å². The van der Waals surface area contributed by atoms with Crippen molar-refractivity contribution in [2.24, 2.45) is 0 Å². The molecule has 31 heavy (non-hydrogen) atoms. The molecule has 1 aliphatic rings. The molecule has 0 amide bonds. The van der Waals surface area contributed by atoms with Gasteiger partial charge in [-0.1, -0.05) is 23.7 Å². The van der Waals surface area contributed by atoms with Crippen molar-refractivity contribution in [3.63, 3.8) is 0 Å². The Bertz CT molecular complexity index is 1330. The van der Waals surface area contributed by atoms with E-state index in [9.17, 15) is 4.79 Å². The van der Waals surface area contributed by atoms with E-state index in [0.717, 1.165) is 43.1 Å². The molecule has 0 spiro atoms. The zero-order valence-electron chi connectivity index (χ0n) is 17.8. The number of ether oxygens (including phenoxy) is 1. The third-order valence-corrected chi connectivity index (χ3v) is 6.74. The van der Waals surface area contributed by atoms with E-state index in [1.807, 2.05) is 32.0 Å². The van der Waals surface area contributed by atoms with E-state index in [-0.39, 0.29) is 11.6 Å². The summed E-state index contributed by atoms with van der Waals surface area (Å²) in [5.41, 5.74) is 1.71. The standard InChI is InChI=1S/C22H24ClN5O3/c1-4-13(2)28-16-11-14(23)7-8-15(16)27-12-24-17(18(27)20(28)29)19-25-21(31-26-19)22(30-3)9-5-6-10-22/h7-8,11-13H,4-6,9-10H2,1-3H3. The largest absolute Gasteiger partial charge is 0.368 e. The Morgan fingerprint density at radius 2 is 2.06 bits per heavy atom. The molecular weight excluding hydrogens is 418 g/mol. The van der Waals surface area contributed by atoms with Crippen LogP contribution in [0.1, 0.15) is 57.9 Å². The second kappa shape index (κ2) is 7.46. The lowest BCUT2D eigenvalue weighted by Crippen LogP contribution is -2.26. The average Bonchev–Trinajstić information content (AvgIpc) is 3.52. The summed E-state index contributed by atoms with van der Waals surface area (Å²) in [6, 6.07) is 5.51. The van der Waals surface area contributed by atoms with Crippen molar-refractivity contribution >= 4 is 28.2 Å². The highest BCUT2D eigenvalue weighted by atomic mass is 35.5. The highest BCUT2D eigenvalue weighted by Crippen LogP contribution is 2.41. The lowest BCUT2D eigenvalue weighted by atomic mass is 10.0. The summed E-state index contributed by atoms with van der Waals surface area (Å²) in [7, 11) is 1.67. The van der Waals surface area contributed by atoms with Gasteiger partial charge in [-0.2, -0.15) is 4.98 Å². The molecule has 1 unspecified atom stereocenters. The number of methoxy groups -OCH3 is 1. The molecule has 1 fully saturated rings. The van der Waals surface area contributed by atoms with Crippen molar-refractivity contribution in [1.82, 2.24) is 24.1 Å². The first kappa shape index (κ1) is 20.2. The first-order valence-electron chi connectivity index (χ1n) is 10.6. The lowest BCUT2D eigenvalue weighted by molar-refractivity contribution is -0.0342. The fourth-order valence-corrected chi connectivity index (χ4v) is 4.76. The quantitative estimate of drug-likeness (QED) is 0.444. The van der Waals surface area contributed by atoms with Crippen LogP contribution in [0, 0.1) is 0 Å². The van der Waals surface area contributed by atoms with Gasteiger partial charge in [-0.25, -0.2) is 4.98 Å². The lowest BCUT2D eigenvalue weighted by Gasteiger charge is -2.22. The Balaban J connectivity index is 1.75. The summed E-state index contributed by atoms with van der Waals surface area (Å²) in [6.07, 6.45) is 6.19. The van der Waals surface area contributed by atoms with E-state index in [4.69, 9.17) is 20.9 Å². The molecule has 0 N–H and O–H groups in total. The van der Waals surface area contributed by atoms with Crippen molar-refractivity contribution in [2.45, 2.75) is 57.6 Å². The van der Waals surface area contributed by atoms with Gasteiger partial charge in [0.05, 0.1) is 11.0 Å². The SMILES string of the molecule is CCC(C)n1c(=O)c2c(-c3noc(C4(OC)CCCC4)n3)ncn2c2ccc(Cl)cc21. The van der Waals surface area contributed by atoms with Gasteiger partial charge in [0.25, 0.3) is 11.4 Å². The Hall–Kier alpha value is -2.71. The number of imidazole rings is 1. The molecular formula is C22H24ClN5O3. The van der Waals surface area contributed by atoms with Gasteiger partial charge in [0.2, 0.25) is 5.82 Å². The van der Waals surface area contributed by atoms with Crippen LogP contribution in [0.5, 0.6) is 0 Å². The molecule has 8 nitrogen and oxygen atoms in total. The van der Waals surface area contributed by atoms with Crippen LogP contribution in [0.2, 0.25) is 5.02 Å². The first-order chi connectivity index (χ1) is 15.0. The van der Waals surface area contributed by atoms with Crippen molar-refractivity contribution < 1.29 is 9.26 Å². The molecule has 162 valence electrons. The van der Waals surface area contributed by atoms with Crippen LogP contribution in [-0.4, -0.2) is 31.2 Å². The second-order valence-corrected chi connectivity index (χ2v) is 8.64. The molecule has 0 radical (unpaired) electrons. The maximum Gasteiger partial charge on any atom is 0.278 e. The first-order valence-corrected chi connectivity index (χ1v) is 11.0. The molecule has 1 saturated carbocycles. The van der Waals surface area contributed by atoms with Crippen LogP contribution >= 0.6 is 11.6 Å². The number of rotatable bonds is 5. The fraction of sp³-hybridized carbons (Fsp3) is 0.455. The third-order valence-electron chi connectivity index (χ3n) is 6.51. The number of aromatic nitrogens is 5. The van der Waals surface area contributed by atoms with Gasteiger partial charge in [0.15, 0.2) is 0 Å². The minimum Gasteiger partial charge on any atom is -0.368 e. The van der Waals surface area contributed by atoms with Crippen molar-refractivity contribution in [3.8, 4) is 11.5 Å². The van der Waals surface area contributed by atoms with Crippen LogP contribution in [0.3, 0.4) is 0 Å². The van der Waals surface area contributed by atoms with E-state index in [0.29, 0.717) is 27.9 Å². The van der Waals surface area contributed by atoms with Crippen LogP contribution in [-0.2, 0) is 10.3 Å². The molecule has 3 aromatic heterocycles. The zero-order valence-corrected chi connectivity index (χ0v) is 18.5. The smallest absolute Gasteiger partial charge is 0.278 e. The van der Waals surface area contributed by atoms with Gasteiger partial charge in [-0.15, -0.1) is 0 Å². The zero-order chi connectivity index (χ0) is 21.8. The predicted molar refractivity (Wildman–Crippen MR) is 117 cm³/mol. The molecule has 0 bridgehead atoms. The monoisotopic (exact) mass is 441 g/mol. The topological polar surface area (TPSA) is 87.5 Å². The Morgan fingerprint density at radius 3 is 2.77 bits per heavy atom. The predicted octanol–water partition coefficient (Wildman–Crippen LogP) is 4.74. The molecule has 0 saturated heterocycles. The maximum atomic E-state index is 13.6. The molecule has 3 heterocycles. The summed E-state index contributed by atoms with van der Waals surface area (Å²) >= 11 is 6.25. The van der Waals surface area contributed by atoms with Gasteiger partial charge in [-0.3, -0.25) is 9.20 Å². The summed E-state index contributed by atoms with van der Waals surface area (Å²) in [5, 5.41) is 4.74. The van der Waals surface area contributed by atoms with E-state index < -0.39 is 5.60 Å². The molecule has 0 aliphatic heterocycles. The van der Waals surface area contributed by atoms with Crippen LogP contribution in [0.4, 0.5) is 0 Å². The molecule has 1 aliphatic carbocycles. The van der Waals surface area contributed by atoms with Crippen LogP contribution in [0.25, 0.3) is 28.1 Å². The second-order valence-electron chi connectivity index (χ2n) is 8.21. The third kappa shape index (κ3) is 3.00. The highest BCUT2D eigenvalue weighted by Gasteiger charge is 2.41. The van der Waals surface area contributed by atoms with E-state index in [2.05, 4.69) is 15.1 Å². The number of nitrogens with zero attached hydrogens (tertiary/aromatic N) is 5. The van der Waals surface area contributed by atoms with Gasteiger partial charge >= 0.3 is 0 Å². The van der Waals surface area contributed by atoms with Gasteiger partial charge < -0.3 is 13.8 Å². The summed E-state index contributed by atoms with van der Waals surface area (Å²) in [6.45, 7) is 4.06. The summed E-state index contributed by atoms with van der Waals surface area (Å²) in [4.78, 5) is 22.8. The van der Waals surface area contributed by atoms with Crippen LogP contribution in [0.15, 0.2) is 33.8 Å². The molecule has 5 rings (SSSR count). The highest BCUT2D eigenvalue weighted by molar-refractivity contribution is 6.31. The van der Waals surface area contributed by atoms with Gasteiger partial charge in [0, 0.05) is 18.2 Å². The molecule has 1 atom stereocenters. The maximum absolute atomic E-state index is 13.6. The number of benzene rings is 1. The number of fused-ring (bicyclic) bond motifs is 3. The molecule has 9 heteroatoms. The number of hydrogen-bond acceptors (Lipinski definition) is 6. The van der Waals surface area contributed by atoms with Crippen molar-refractivity contribution in [2.75, 3.05) is 7.11 Å². The summed E-state index contributed by atoms with van der Waals surface area (Å²) < 4.78 is 14.9. The Morgan fingerprint density at radius 1 is 1.29 bits per heavy atom. The van der Waals surface area contributed by atoms with Gasteiger partial charge in [0.1, 0.15) is 23.1 Å². The summed E-state index contributed by atoms with van der Waals surface area (Å²) in [5.74, 6) is 0.736. The minimum atomic E-state index is -0.554. The van der Waals surface area contributed by atoms with Crippen molar-refractivity contribution in [1.29, 1.82) is 0 Å². The number of hydrogen-bond donors (Lipinski definition) is 0. The van der Waals surface area contributed by atoms with E-state index >= 15 is 0 Å². The van der Waals surface area contributed by atoms with Crippen LogP contribution < -0.4 is 5.56 Å². The average molecular weight is 442 g/mol. The Kier molecular flexibility index (Phi) is 4.86. The normalized spacial score (nSPS) is 17.0. The number of halogens is 1. The fourth-order valence-electron chi connectivity index (χ4n) is 4.59. The molecule has 1 aromatic carbocycles. The minimum absolute atomic E-state index is 0.0164. The van der Waals surface area contributed by atoms with Crippen molar-refractivity contribution in [3.05, 3.63) is 45.8 Å². The van der Waals surface area contributed by atoms with E-state index in [1.54, 1.807) is 22.4 Å². The van der Waals surface area contributed by atoms with Gasteiger partial charge in [-0.05, 0) is 57.2 Å².